The number of amides is 1. The number of nitrogens with zero attached hydrogens (tertiary/aromatic N) is 2. The maximum Gasteiger partial charge on any atom is 0.330 e. The number of hydrogen-bond acceptors (Lipinski definition) is 4. The molecule has 0 saturated heterocycles. The zero-order valence-corrected chi connectivity index (χ0v) is 12.0. The van der Waals surface area contributed by atoms with Crippen molar-refractivity contribution < 1.29 is 4.79 Å². The van der Waals surface area contributed by atoms with Gasteiger partial charge in [-0.15, -0.1) is 0 Å². The fourth-order valence-electron chi connectivity index (χ4n) is 1.85. The molecule has 1 aromatic heterocycles. The largest absolute Gasteiger partial charge is 0.352 e. The fourth-order valence-corrected chi connectivity index (χ4v) is 1.85. The number of carbonyl (C=O) groups is 1. The second-order valence-corrected chi connectivity index (χ2v) is 5.26. The third kappa shape index (κ3) is 3.16. The Balaban J connectivity index is 2.01. The lowest BCUT2D eigenvalue weighted by Gasteiger charge is -2.15. The summed E-state index contributed by atoms with van der Waals surface area (Å²) in [6.45, 7) is 2.05. The normalized spacial score (nSPS) is 15.9. The van der Waals surface area contributed by atoms with Crippen LogP contribution in [0.4, 0.5) is 0 Å². The van der Waals surface area contributed by atoms with Crippen LogP contribution in [0.15, 0.2) is 15.7 Å². The number of carbonyl (C=O) groups excluding carboxylic acids is 1. The second kappa shape index (κ2) is 5.62. The lowest BCUT2D eigenvalue weighted by atomic mass is 10.3. The van der Waals surface area contributed by atoms with Crippen LogP contribution in [-0.4, -0.2) is 27.1 Å². The quantitative estimate of drug-likeness (QED) is 0.712. The number of nitrogens with one attached hydrogen (secondary N) is 2. The highest BCUT2D eigenvalue weighted by Crippen LogP contribution is 2.18. The van der Waals surface area contributed by atoms with Crippen LogP contribution < -0.4 is 21.9 Å². The Hall–Kier alpha value is -1.89. The molecule has 1 heterocycles. The summed E-state index contributed by atoms with van der Waals surface area (Å²) in [7, 11) is 3.04. The van der Waals surface area contributed by atoms with Gasteiger partial charge in [0.15, 0.2) is 0 Å². The maximum atomic E-state index is 11.8. The maximum absolute atomic E-state index is 11.8. The Kier molecular flexibility index (Phi) is 4.08. The molecule has 110 valence electrons. The molecule has 7 heteroatoms. The van der Waals surface area contributed by atoms with Crippen LogP contribution in [0.25, 0.3) is 0 Å². The molecule has 0 spiro atoms. The number of hydrogen-bond donors (Lipinski definition) is 2. The Morgan fingerprint density at radius 1 is 1.35 bits per heavy atom. The van der Waals surface area contributed by atoms with Gasteiger partial charge in [0.1, 0.15) is 0 Å². The summed E-state index contributed by atoms with van der Waals surface area (Å²) >= 11 is 0. The van der Waals surface area contributed by atoms with Gasteiger partial charge >= 0.3 is 5.69 Å². The summed E-state index contributed by atoms with van der Waals surface area (Å²) < 4.78 is 2.45. The molecule has 0 aliphatic heterocycles. The van der Waals surface area contributed by atoms with Gasteiger partial charge in [0.05, 0.1) is 6.04 Å². The molecule has 0 bridgehead atoms. The first-order valence-corrected chi connectivity index (χ1v) is 6.70. The first-order valence-electron chi connectivity index (χ1n) is 6.70. The minimum Gasteiger partial charge on any atom is -0.352 e. The second-order valence-electron chi connectivity index (χ2n) is 5.26. The van der Waals surface area contributed by atoms with E-state index in [1.54, 1.807) is 14.0 Å². The summed E-state index contributed by atoms with van der Waals surface area (Å²) in [5.74, 6) is -0.0543. The topological polar surface area (TPSA) is 85.1 Å². The minimum atomic E-state index is -0.371. The van der Waals surface area contributed by atoms with Gasteiger partial charge in [-0.25, -0.2) is 4.79 Å². The zero-order valence-electron chi connectivity index (χ0n) is 12.0. The first-order chi connectivity index (χ1) is 9.40. The molecule has 1 aromatic rings. The van der Waals surface area contributed by atoms with Crippen molar-refractivity contribution in [3.8, 4) is 0 Å². The van der Waals surface area contributed by atoms with Gasteiger partial charge in [-0.05, 0) is 19.8 Å². The summed E-state index contributed by atoms with van der Waals surface area (Å²) in [6, 6.07) is 1.36. The third-order valence-electron chi connectivity index (χ3n) is 3.53. The minimum absolute atomic E-state index is 0.0543. The monoisotopic (exact) mass is 280 g/mol. The average molecular weight is 280 g/mol. The molecule has 1 aliphatic rings. The van der Waals surface area contributed by atoms with E-state index in [9.17, 15) is 14.4 Å². The fraction of sp³-hybridized carbons (Fsp3) is 0.615. The summed E-state index contributed by atoms with van der Waals surface area (Å²) in [5.41, 5.74) is -0.159. The zero-order chi connectivity index (χ0) is 14.9. The van der Waals surface area contributed by atoms with Crippen molar-refractivity contribution in [3.63, 3.8) is 0 Å². The van der Waals surface area contributed by atoms with Crippen LogP contribution in [0, 0.1) is 0 Å². The van der Waals surface area contributed by atoms with Crippen molar-refractivity contribution in [2.75, 3.05) is 0 Å². The smallest absolute Gasteiger partial charge is 0.330 e. The highest BCUT2D eigenvalue weighted by molar-refractivity contribution is 5.81. The lowest BCUT2D eigenvalue weighted by molar-refractivity contribution is -0.122. The molecule has 1 saturated carbocycles. The Morgan fingerprint density at radius 2 is 2.00 bits per heavy atom. The molecule has 1 fully saturated rings. The Morgan fingerprint density at radius 3 is 2.60 bits per heavy atom. The van der Waals surface area contributed by atoms with E-state index < -0.39 is 0 Å². The van der Waals surface area contributed by atoms with Crippen LogP contribution in [0.1, 0.15) is 25.5 Å². The van der Waals surface area contributed by atoms with E-state index in [1.807, 2.05) is 0 Å². The third-order valence-corrected chi connectivity index (χ3v) is 3.53. The van der Waals surface area contributed by atoms with Gasteiger partial charge in [-0.3, -0.25) is 18.7 Å². The molecule has 2 rings (SSSR count). The van der Waals surface area contributed by atoms with Crippen LogP contribution >= 0.6 is 0 Å². The Bertz CT molecular complexity index is 627. The van der Waals surface area contributed by atoms with E-state index in [-0.39, 0.29) is 23.2 Å². The predicted octanol–water partition coefficient (Wildman–Crippen LogP) is -1.16. The molecule has 2 N–H and O–H groups in total. The van der Waals surface area contributed by atoms with Gasteiger partial charge in [0.2, 0.25) is 5.91 Å². The summed E-state index contributed by atoms with van der Waals surface area (Å²) in [4.78, 5) is 35.1. The average Bonchev–Trinajstić information content (AvgIpc) is 3.22. The van der Waals surface area contributed by atoms with Crippen LogP contribution in [-0.2, 0) is 25.4 Å². The van der Waals surface area contributed by atoms with Crippen molar-refractivity contribution in [1.82, 2.24) is 19.8 Å². The van der Waals surface area contributed by atoms with E-state index in [1.165, 1.54) is 17.7 Å². The molecule has 20 heavy (non-hydrogen) atoms. The van der Waals surface area contributed by atoms with Crippen molar-refractivity contribution in [3.05, 3.63) is 32.6 Å². The van der Waals surface area contributed by atoms with Crippen molar-refractivity contribution >= 4 is 5.91 Å². The van der Waals surface area contributed by atoms with Crippen LogP contribution in [0.5, 0.6) is 0 Å². The molecule has 0 aromatic carbocycles. The molecule has 1 amide bonds. The van der Waals surface area contributed by atoms with Crippen LogP contribution in [0.3, 0.4) is 0 Å². The molecule has 1 atom stereocenters. The lowest BCUT2D eigenvalue weighted by Crippen LogP contribution is -2.44. The number of aromatic nitrogens is 2. The van der Waals surface area contributed by atoms with Crippen molar-refractivity contribution in [2.24, 2.45) is 14.1 Å². The van der Waals surface area contributed by atoms with Gasteiger partial charge in [-0.2, -0.15) is 0 Å². The van der Waals surface area contributed by atoms with Crippen molar-refractivity contribution in [1.29, 1.82) is 0 Å². The van der Waals surface area contributed by atoms with Gasteiger partial charge in [-0.1, -0.05) is 0 Å². The number of rotatable bonds is 5. The van der Waals surface area contributed by atoms with E-state index in [0.29, 0.717) is 18.3 Å². The molecule has 0 radical (unpaired) electrons. The Labute approximate surface area is 116 Å². The standard InChI is InChI=1S/C13H20N4O3/c1-8(12(19)15-9-4-5-9)14-7-10-6-11(18)17(3)13(20)16(10)2/h6,8-9,14H,4-5,7H2,1-3H3,(H,15,19). The van der Waals surface area contributed by atoms with Gasteiger partial charge in [0, 0.05) is 38.4 Å². The molecular formula is C13H20N4O3. The SMILES string of the molecule is CC(NCc1cc(=O)n(C)c(=O)n1C)C(=O)NC1CC1. The molecular weight excluding hydrogens is 260 g/mol. The van der Waals surface area contributed by atoms with E-state index in [0.717, 1.165) is 17.4 Å². The van der Waals surface area contributed by atoms with Crippen LogP contribution in [0.2, 0.25) is 0 Å². The predicted molar refractivity (Wildman–Crippen MR) is 74.4 cm³/mol. The highest BCUT2D eigenvalue weighted by Gasteiger charge is 2.25. The molecule has 1 unspecified atom stereocenters. The van der Waals surface area contributed by atoms with E-state index in [4.69, 9.17) is 0 Å². The molecule has 7 nitrogen and oxygen atoms in total. The van der Waals surface area contributed by atoms with E-state index >= 15 is 0 Å². The summed E-state index contributed by atoms with van der Waals surface area (Å²) in [5, 5.41) is 5.93. The van der Waals surface area contributed by atoms with Gasteiger partial charge < -0.3 is 10.6 Å². The summed E-state index contributed by atoms with van der Waals surface area (Å²) in [6.07, 6.45) is 2.09. The van der Waals surface area contributed by atoms with E-state index in [2.05, 4.69) is 10.6 Å². The van der Waals surface area contributed by atoms with Gasteiger partial charge in [0.25, 0.3) is 5.56 Å². The first kappa shape index (κ1) is 14.5. The van der Waals surface area contributed by atoms with Crippen molar-refractivity contribution in [2.45, 2.75) is 38.4 Å². The highest BCUT2D eigenvalue weighted by atomic mass is 16.2. The molecule has 1 aliphatic carbocycles.